The van der Waals surface area contributed by atoms with Crippen LogP contribution in [0.2, 0.25) is 0 Å². The normalized spacial score (nSPS) is 11.4. The van der Waals surface area contributed by atoms with E-state index in [0.29, 0.717) is 12.2 Å². The molecule has 124 valence electrons. The lowest BCUT2D eigenvalue weighted by molar-refractivity contribution is -0.355. The fourth-order valence-electron chi connectivity index (χ4n) is 1.75. The fraction of sp³-hybridized carbons (Fsp3) is 0.188. The largest absolute Gasteiger partial charge is 0.748 e. The van der Waals surface area contributed by atoms with Gasteiger partial charge >= 0.3 is 5.96 Å². The molecule has 2 rings (SSSR count). The standard InChI is InChI=1S/C15H17N3.CH4O3S/c1-11-7-3-5-9-13(11)17-15(16)18-14-10-6-4-8-12(14)2;1-5(2,3)4/h3-10H,1-2H3,(H3,16,17,18);1H3,(H,2,3,4). The van der Waals surface area contributed by atoms with E-state index in [9.17, 15) is 0 Å². The molecule has 0 amide bonds. The summed E-state index contributed by atoms with van der Waals surface area (Å²) in [5.41, 5.74) is 10.3. The molecule has 23 heavy (non-hydrogen) atoms. The lowest BCUT2D eigenvalue weighted by Gasteiger charge is -2.03. The number of hydrogen-bond acceptors (Lipinski definition) is 3. The van der Waals surface area contributed by atoms with Crippen LogP contribution in [0, 0.1) is 13.8 Å². The Morgan fingerprint density at radius 2 is 1.52 bits per heavy atom. The summed E-state index contributed by atoms with van der Waals surface area (Å²) in [6.07, 6.45) is 0.604. The van der Waals surface area contributed by atoms with E-state index in [1.54, 1.807) is 0 Å². The maximum absolute atomic E-state index is 9.08. The quantitative estimate of drug-likeness (QED) is 0.423. The number of nitrogens with one attached hydrogen (secondary N) is 2. The van der Waals surface area contributed by atoms with Gasteiger partial charge in [-0.25, -0.2) is 18.7 Å². The number of rotatable bonds is 2. The van der Waals surface area contributed by atoms with Crippen molar-refractivity contribution in [2.45, 2.75) is 13.8 Å². The minimum Gasteiger partial charge on any atom is -0.748 e. The predicted molar refractivity (Wildman–Crippen MR) is 91.4 cm³/mol. The van der Waals surface area contributed by atoms with Crippen molar-refractivity contribution in [2.75, 3.05) is 11.6 Å². The van der Waals surface area contributed by atoms with Crippen molar-refractivity contribution in [1.82, 2.24) is 0 Å². The van der Waals surface area contributed by atoms with Gasteiger partial charge in [0.2, 0.25) is 0 Å². The molecule has 0 aliphatic carbocycles. The summed E-state index contributed by atoms with van der Waals surface area (Å²) in [4.78, 5) is 3.17. The average molecular weight is 335 g/mol. The summed E-state index contributed by atoms with van der Waals surface area (Å²) in [6.45, 7) is 4.09. The number of aryl methyl sites for hydroxylation is 2. The van der Waals surface area contributed by atoms with Crippen molar-refractivity contribution in [3.8, 4) is 0 Å². The van der Waals surface area contributed by atoms with Crippen LogP contribution in [-0.2, 0) is 10.1 Å². The Bertz CT molecular complexity index is 779. The van der Waals surface area contributed by atoms with Gasteiger partial charge in [0.1, 0.15) is 11.4 Å². The van der Waals surface area contributed by atoms with Crippen LogP contribution in [0.4, 0.5) is 11.4 Å². The molecular weight excluding hydrogens is 314 g/mol. The molecule has 0 bridgehead atoms. The Balaban J connectivity index is 0.000000463. The Morgan fingerprint density at radius 1 is 1.04 bits per heavy atom. The van der Waals surface area contributed by atoms with Crippen LogP contribution in [-0.4, -0.2) is 25.2 Å². The van der Waals surface area contributed by atoms with Crippen LogP contribution in [0.3, 0.4) is 0 Å². The van der Waals surface area contributed by atoms with Crippen LogP contribution >= 0.6 is 0 Å². The number of hydrogen-bond donors (Lipinski definition) is 3. The number of benzene rings is 2. The van der Waals surface area contributed by atoms with E-state index in [4.69, 9.17) is 18.7 Å². The second-order valence-electron chi connectivity index (χ2n) is 5.00. The van der Waals surface area contributed by atoms with E-state index in [1.165, 1.54) is 0 Å². The van der Waals surface area contributed by atoms with Gasteiger partial charge in [-0.05, 0) is 37.1 Å². The molecule has 2 aromatic carbocycles. The molecule has 0 aliphatic heterocycles. The van der Waals surface area contributed by atoms with Crippen LogP contribution in [0.15, 0.2) is 48.5 Å². The van der Waals surface area contributed by atoms with Crippen molar-refractivity contribution >= 4 is 27.5 Å². The molecular formula is C16H21N3O3S. The van der Waals surface area contributed by atoms with Crippen LogP contribution in [0.5, 0.6) is 0 Å². The molecule has 2 aromatic rings. The molecule has 0 aromatic heterocycles. The summed E-state index contributed by atoms with van der Waals surface area (Å²) >= 11 is 0. The molecule has 0 fully saturated rings. The van der Waals surface area contributed by atoms with E-state index in [1.807, 2.05) is 62.4 Å². The molecule has 0 spiro atoms. The molecule has 4 N–H and O–H groups in total. The maximum Gasteiger partial charge on any atom is 0.351 e. The lowest BCUT2D eigenvalue weighted by atomic mass is 10.2. The van der Waals surface area contributed by atoms with Crippen molar-refractivity contribution in [2.24, 2.45) is 5.73 Å². The highest BCUT2D eigenvalue weighted by Crippen LogP contribution is 2.12. The molecule has 0 atom stereocenters. The Hall–Kier alpha value is -2.38. The number of para-hydroxylation sites is 2. The fourth-order valence-corrected chi connectivity index (χ4v) is 1.75. The molecule has 0 saturated carbocycles. The first-order chi connectivity index (χ1) is 10.7. The first-order valence-electron chi connectivity index (χ1n) is 6.85. The molecule has 0 heterocycles. The highest BCUT2D eigenvalue weighted by atomic mass is 32.2. The molecule has 0 unspecified atom stereocenters. The highest BCUT2D eigenvalue weighted by molar-refractivity contribution is 7.84. The Kier molecular flexibility index (Phi) is 6.74. The van der Waals surface area contributed by atoms with Crippen LogP contribution in [0.25, 0.3) is 0 Å². The minimum atomic E-state index is -3.92. The average Bonchev–Trinajstić information content (AvgIpc) is 2.42. The molecule has 6 nitrogen and oxygen atoms in total. The summed E-state index contributed by atoms with van der Waals surface area (Å²) in [6, 6.07) is 16.1. The van der Waals surface area contributed by atoms with E-state index in [0.717, 1.165) is 22.5 Å². The minimum absolute atomic E-state index is 0.526. The zero-order valence-corrected chi connectivity index (χ0v) is 14.1. The lowest BCUT2D eigenvalue weighted by Crippen LogP contribution is -2.72. The van der Waals surface area contributed by atoms with E-state index < -0.39 is 10.1 Å². The highest BCUT2D eigenvalue weighted by Gasteiger charge is 2.05. The maximum atomic E-state index is 9.08. The van der Waals surface area contributed by atoms with Gasteiger partial charge in [-0.1, -0.05) is 36.4 Å². The first kappa shape index (κ1) is 18.7. The van der Waals surface area contributed by atoms with Crippen molar-refractivity contribution in [3.05, 3.63) is 59.7 Å². The Labute approximate surface area is 136 Å². The zero-order valence-electron chi connectivity index (χ0n) is 13.3. The van der Waals surface area contributed by atoms with Gasteiger partial charge in [0.05, 0.1) is 10.1 Å². The van der Waals surface area contributed by atoms with Gasteiger partial charge < -0.3 is 4.55 Å². The second kappa shape index (κ2) is 8.30. The summed E-state index contributed by atoms with van der Waals surface area (Å²) in [5, 5.41) is 3.17. The van der Waals surface area contributed by atoms with Crippen molar-refractivity contribution < 1.29 is 18.0 Å². The third-order valence-corrected chi connectivity index (χ3v) is 2.83. The zero-order chi connectivity index (χ0) is 17.5. The number of guanidine groups is 1. The summed E-state index contributed by atoms with van der Waals surface area (Å²) in [5.74, 6) is 0.526. The van der Waals surface area contributed by atoms with E-state index >= 15 is 0 Å². The second-order valence-corrected chi connectivity index (χ2v) is 6.41. The SMILES string of the molecule is CS(=O)(=O)[O-].Cc1ccccc1NC(N)=[NH+]c1ccccc1C. The number of anilines is 1. The number of nitrogens with two attached hydrogens (primary N) is 1. The van der Waals surface area contributed by atoms with Crippen molar-refractivity contribution in [1.29, 1.82) is 0 Å². The van der Waals surface area contributed by atoms with E-state index in [-0.39, 0.29) is 0 Å². The van der Waals surface area contributed by atoms with Gasteiger partial charge in [0.15, 0.2) is 0 Å². The Morgan fingerprint density at radius 3 is 2.04 bits per heavy atom. The summed E-state index contributed by atoms with van der Waals surface area (Å²) in [7, 11) is -3.92. The van der Waals surface area contributed by atoms with Crippen LogP contribution in [0.1, 0.15) is 11.1 Å². The van der Waals surface area contributed by atoms with Crippen LogP contribution < -0.4 is 16.0 Å². The van der Waals surface area contributed by atoms with Crippen molar-refractivity contribution in [3.63, 3.8) is 0 Å². The van der Waals surface area contributed by atoms with E-state index in [2.05, 4.69) is 10.3 Å². The van der Waals surface area contributed by atoms with Gasteiger partial charge in [-0.2, -0.15) is 0 Å². The molecule has 0 saturated heterocycles. The molecule has 0 radical (unpaired) electrons. The predicted octanol–water partition coefficient (Wildman–Crippen LogP) is 0.604. The third kappa shape index (κ3) is 7.98. The van der Waals surface area contributed by atoms with Gasteiger partial charge in [0.25, 0.3) is 0 Å². The van der Waals surface area contributed by atoms with Gasteiger partial charge in [-0.3, -0.25) is 5.73 Å². The topological polar surface area (TPSA) is 109 Å². The molecule has 0 aliphatic rings. The summed E-state index contributed by atoms with van der Waals surface area (Å²) < 4.78 is 27.2. The monoisotopic (exact) mass is 335 g/mol. The van der Waals surface area contributed by atoms with Gasteiger partial charge in [-0.15, -0.1) is 0 Å². The molecule has 7 heteroatoms. The third-order valence-electron chi connectivity index (χ3n) is 2.83. The smallest absolute Gasteiger partial charge is 0.351 e. The first-order valence-corrected chi connectivity index (χ1v) is 8.67. The van der Waals surface area contributed by atoms with Gasteiger partial charge in [0, 0.05) is 6.26 Å².